The van der Waals surface area contributed by atoms with Gasteiger partial charge in [-0.15, -0.1) is 0 Å². The SMILES string of the molecule is Cc1cc(N)ncc1[C@H]1CCCN1C(=O)c1ccccc1. The molecule has 1 atom stereocenters. The number of likely N-dealkylation sites (tertiary alicyclic amines) is 1. The van der Waals surface area contributed by atoms with Gasteiger partial charge in [0.25, 0.3) is 5.91 Å². The van der Waals surface area contributed by atoms with Crippen LogP contribution in [0.15, 0.2) is 42.6 Å². The third-order valence-corrected chi connectivity index (χ3v) is 4.07. The number of aryl methyl sites for hydroxylation is 1. The predicted molar refractivity (Wildman–Crippen MR) is 82.8 cm³/mol. The minimum Gasteiger partial charge on any atom is -0.384 e. The summed E-state index contributed by atoms with van der Waals surface area (Å²) in [5.41, 5.74) is 8.66. The molecule has 1 fully saturated rings. The number of aromatic nitrogens is 1. The molecule has 1 saturated heterocycles. The lowest BCUT2D eigenvalue weighted by Gasteiger charge is -2.26. The van der Waals surface area contributed by atoms with E-state index in [-0.39, 0.29) is 11.9 Å². The quantitative estimate of drug-likeness (QED) is 0.920. The summed E-state index contributed by atoms with van der Waals surface area (Å²) in [7, 11) is 0. The Kier molecular flexibility index (Phi) is 3.60. The number of benzene rings is 1. The van der Waals surface area contributed by atoms with Crippen molar-refractivity contribution in [3.05, 3.63) is 59.3 Å². The second-order valence-electron chi connectivity index (χ2n) is 5.49. The molecule has 0 unspecified atom stereocenters. The molecule has 1 aromatic heterocycles. The Morgan fingerprint density at radius 3 is 2.81 bits per heavy atom. The first-order valence-corrected chi connectivity index (χ1v) is 7.25. The Labute approximate surface area is 124 Å². The van der Waals surface area contributed by atoms with Gasteiger partial charge in [0.05, 0.1) is 6.04 Å². The van der Waals surface area contributed by atoms with Gasteiger partial charge in [-0.05, 0) is 49.1 Å². The van der Waals surface area contributed by atoms with Gasteiger partial charge in [-0.3, -0.25) is 4.79 Å². The van der Waals surface area contributed by atoms with Crippen molar-refractivity contribution < 1.29 is 4.79 Å². The Morgan fingerprint density at radius 2 is 2.10 bits per heavy atom. The van der Waals surface area contributed by atoms with Crippen LogP contribution < -0.4 is 5.73 Å². The third-order valence-electron chi connectivity index (χ3n) is 4.07. The highest BCUT2D eigenvalue weighted by Gasteiger charge is 2.31. The van der Waals surface area contributed by atoms with Crippen LogP contribution in [0.3, 0.4) is 0 Å². The van der Waals surface area contributed by atoms with Gasteiger partial charge in [0.15, 0.2) is 0 Å². The fraction of sp³-hybridized carbons (Fsp3) is 0.294. The van der Waals surface area contributed by atoms with Crippen molar-refractivity contribution in [1.29, 1.82) is 0 Å². The molecule has 0 bridgehead atoms. The first-order chi connectivity index (χ1) is 10.2. The predicted octanol–water partition coefficient (Wildman–Crippen LogP) is 2.95. The number of anilines is 1. The van der Waals surface area contributed by atoms with Crippen LogP contribution in [0.4, 0.5) is 5.82 Å². The minimum absolute atomic E-state index is 0.0920. The van der Waals surface area contributed by atoms with Crippen molar-refractivity contribution in [1.82, 2.24) is 9.88 Å². The Morgan fingerprint density at radius 1 is 1.33 bits per heavy atom. The molecule has 3 rings (SSSR count). The molecule has 1 aromatic carbocycles. The summed E-state index contributed by atoms with van der Waals surface area (Å²) in [6.07, 6.45) is 3.81. The van der Waals surface area contributed by atoms with Gasteiger partial charge >= 0.3 is 0 Å². The van der Waals surface area contributed by atoms with Gasteiger partial charge in [0.1, 0.15) is 5.82 Å². The largest absolute Gasteiger partial charge is 0.384 e. The Bertz CT molecular complexity index is 654. The number of carbonyl (C=O) groups is 1. The first-order valence-electron chi connectivity index (χ1n) is 7.25. The summed E-state index contributed by atoms with van der Waals surface area (Å²) in [4.78, 5) is 18.8. The molecule has 1 aliphatic rings. The molecule has 108 valence electrons. The van der Waals surface area contributed by atoms with E-state index >= 15 is 0 Å². The highest BCUT2D eigenvalue weighted by atomic mass is 16.2. The van der Waals surface area contributed by atoms with Gasteiger partial charge in [-0.25, -0.2) is 4.98 Å². The van der Waals surface area contributed by atoms with E-state index in [1.165, 1.54) is 0 Å². The maximum Gasteiger partial charge on any atom is 0.254 e. The molecule has 1 aliphatic heterocycles. The van der Waals surface area contributed by atoms with E-state index in [1.807, 2.05) is 54.4 Å². The number of nitrogens with two attached hydrogens (primary N) is 1. The monoisotopic (exact) mass is 281 g/mol. The lowest BCUT2D eigenvalue weighted by molar-refractivity contribution is 0.0735. The zero-order chi connectivity index (χ0) is 14.8. The van der Waals surface area contributed by atoms with Gasteiger partial charge in [0, 0.05) is 18.3 Å². The average molecular weight is 281 g/mol. The van der Waals surface area contributed by atoms with Gasteiger partial charge < -0.3 is 10.6 Å². The highest BCUT2D eigenvalue weighted by molar-refractivity contribution is 5.94. The average Bonchev–Trinajstić information content (AvgIpc) is 2.96. The van der Waals surface area contributed by atoms with Crippen LogP contribution in [0.2, 0.25) is 0 Å². The zero-order valence-corrected chi connectivity index (χ0v) is 12.1. The summed E-state index contributed by atoms with van der Waals surface area (Å²) in [5, 5.41) is 0. The molecule has 0 spiro atoms. The van der Waals surface area contributed by atoms with Crippen LogP contribution in [0.5, 0.6) is 0 Å². The maximum atomic E-state index is 12.7. The Balaban J connectivity index is 1.91. The Hall–Kier alpha value is -2.36. The molecule has 0 radical (unpaired) electrons. The van der Waals surface area contributed by atoms with Crippen LogP contribution >= 0.6 is 0 Å². The second kappa shape index (κ2) is 5.56. The number of nitrogen functional groups attached to an aromatic ring is 1. The summed E-state index contributed by atoms with van der Waals surface area (Å²) in [6, 6.07) is 11.4. The molecule has 2 heterocycles. The van der Waals surface area contributed by atoms with Gasteiger partial charge in [-0.1, -0.05) is 18.2 Å². The van der Waals surface area contributed by atoms with Crippen LogP contribution in [0.25, 0.3) is 0 Å². The van der Waals surface area contributed by atoms with Crippen molar-refractivity contribution in [2.75, 3.05) is 12.3 Å². The van der Waals surface area contributed by atoms with E-state index < -0.39 is 0 Å². The molecule has 1 amide bonds. The molecule has 21 heavy (non-hydrogen) atoms. The van der Waals surface area contributed by atoms with Crippen molar-refractivity contribution in [2.45, 2.75) is 25.8 Å². The molecule has 4 heteroatoms. The first kappa shape index (κ1) is 13.6. The summed E-state index contributed by atoms with van der Waals surface area (Å²) < 4.78 is 0. The van der Waals surface area contributed by atoms with Crippen molar-refractivity contribution in [3.8, 4) is 0 Å². The topological polar surface area (TPSA) is 59.2 Å². The molecular formula is C17H19N3O. The normalized spacial score (nSPS) is 18.0. The highest BCUT2D eigenvalue weighted by Crippen LogP contribution is 2.34. The molecular weight excluding hydrogens is 262 g/mol. The molecule has 0 saturated carbocycles. The fourth-order valence-electron chi connectivity index (χ4n) is 3.02. The number of hydrogen-bond acceptors (Lipinski definition) is 3. The molecule has 2 N–H and O–H groups in total. The van der Waals surface area contributed by atoms with Crippen molar-refractivity contribution in [3.63, 3.8) is 0 Å². The number of pyridine rings is 1. The third kappa shape index (κ3) is 2.61. The fourth-order valence-corrected chi connectivity index (χ4v) is 3.02. The standard InChI is InChI=1S/C17H19N3O/c1-12-10-16(18)19-11-14(12)15-8-5-9-20(15)17(21)13-6-3-2-4-7-13/h2-4,6-7,10-11,15H,5,8-9H2,1H3,(H2,18,19)/t15-/m1/s1. The van der Waals surface area contributed by atoms with Crippen LogP contribution in [0, 0.1) is 6.92 Å². The van der Waals surface area contributed by atoms with E-state index in [0.29, 0.717) is 5.82 Å². The smallest absolute Gasteiger partial charge is 0.254 e. The lowest BCUT2D eigenvalue weighted by Crippen LogP contribution is -2.31. The van der Waals surface area contributed by atoms with E-state index in [0.717, 1.165) is 36.1 Å². The van der Waals surface area contributed by atoms with Crippen LogP contribution in [-0.4, -0.2) is 22.3 Å². The number of rotatable bonds is 2. The summed E-state index contributed by atoms with van der Waals surface area (Å²) >= 11 is 0. The van der Waals surface area contributed by atoms with Gasteiger partial charge in [0.2, 0.25) is 0 Å². The number of amides is 1. The maximum absolute atomic E-state index is 12.7. The van der Waals surface area contributed by atoms with E-state index in [4.69, 9.17) is 5.73 Å². The van der Waals surface area contributed by atoms with E-state index in [2.05, 4.69) is 4.98 Å². The van der Waals surface area contributed by atoms with E-state index in [9.17, 15) is 4.79 Å². The molecule has 2 aromatic rings. The minimum atomic E-state index is 0.0920. The number of nitrogens with zero attached hydrogens (tertiary/aromatic N) is 2. The summed E-state index contributed by atoms with van der Waals surface area (Å²) in [5.74, 6) is 0.615. The van der Waals surface area contributed by atoms with Crippen molar-refractivity contribution in [2.24, 2.45) is 0 Å². The molecule has 0 aliphatic carbocycles. The van der Waals surface area contributed by atoms with E-state index in [1.54, 1.807) is 0 Å². The second-order valence-corrected chi connectivity index (χ2v) is 5.49. The van der Waals surface area contributed by atoms with Crippen molar-refractivity contribution >= 4 is 11.7 Å². The van der Waals surface area contributed by atoms with Gasteiger partial charge in [-0.2, -0.15) is 0 Å². The number of carbonyl (C=O) groups excluding carboxylic acids is 1. The molecule has 4 nitrogen and oxygen atoms in total. The lowest BCUT2D eigenvalue weighted by atomic mass is 10.0. The zero-order valence-electron chi connectivity index (χ0n) is 12.1. The summed E-state index contributed by atoms with van der Waals surface area (Å²) in [6.45, 7) is 2.82. The van der Waals surface area contributed by atoms with Crippen LogP contribution in [-0.2, 0) is 0 Å². The number of hydrogen-bond donors (Lipinski definition) is 1. The van der Waals surface area contributed by atoms with Crippen LogP contribution in [0.1, 0.15) is 40.4 Å².